The van der Waals surface area contributed by atoms with E-state index >= 15 is 0 Å². The van der Waals surface area contributed by atoms with Crippen LogP contribution in [0.25, 0.3) is 0 Å². The second kappa shape index (κ2) is 4.90. The standard InChI is InChI=1S/C13H15F3O2/c14-8-4-6-13(18,7-5-8)12(17)9-2-1-3-10(15)11(9)16/h1-3,8,12,17-18H,4-7H2. The summed E-state index contributed by atoms with van der Waals surface area (Å²) in [6.07, 6.45) is -2.25. The van der Waals surface area contributed by atoms with Crippen molar-refractivity contribution in [1.82, 2.24) is 0 Å². The summed E-state index contributed by atoms with van der Waals surface area (Å²) in [4.78, 5) is 0. The largest absolute Gasteiger partial charge is 0.387 e. The Hall–Kier alpha value is -1.07. The molecule has 2 rings (SSSR count). The Morgan fingerprint density at radius 2 is 1.83 bits per heavy atom. The van der Waals surface area contributed by atoms with Crippen LogP contribution in [0.15, 0.2) is 18.2 Å². The van der Waals surface area contributed by atoms with Crippen molar-refractivity contribution in [2.45, 2.75) is 43.6 Å². The zero-order valence-corrected chi connectivity index (χ0v) is 9.74. The van der Waals surface area contributed by atoms with Gasteiger partial charge in [0, 0.05) is 5.56 Å². The van der Waals surface area contributed by atoms with E-state index in [0.717, 1.165) is 6.07 Å². The number of aliphatic hydroxyl groups is 2. The molecule has 0 heterocycles. The summed E-state index contributed by atoms with van der Waals surface area (Å²) in [6, 6.07) is 3.43. The fourth-order valence-electron chi connectivity index (χ4n) is 2.38. The molecule has 2 nitrogen and oxygen atoms in total. The lowest BCUT2D eigenvalue weighted by atomic mass is 9.77. The highest BCUT2D eigenvalue weighted by Crippen LogP contribution is 2.40. The van der Waals surface area contributed by atoms with E-state index in [0.29, 0.717) is 0 Å². The summed E-state index contributed by atoms with van der Waals surface area (Å²) in [7, 11) is 0. The van der Waals surface area contributed by atoms with Gasteiger partial charge in [-0.1, -0.05) is 12.1 Å². The molecule has 1 aromatic carbocycles. The van der Waals surface area contributed by atoms with E-state index in [1.54, 1.807) is 0 Å². The molecule has 1 fully saturated rings. The van der Waals surface area contributed by atoms with Gasteiger partial charge in [-0.15, -0.1) is 0 Å². The highest BCUT2D eigenvalue weighted by molar-refractivity contribution is 5.24. The SMILES string of the molecule is OC(c1cccc(F)c1F)C1(O)CCC(F)CC1. The predicted molar refractivity (Wildman–Crippen MR) is 59.6 cm³/mol. The third kappa shape index (κ3) is 2.37. The molecule has 0 aliphatic heterocycles. The van der Waals surface area contributed by atoms with Gasteiger partial charge in [0.2, 0.25) is 0 Å². The van der Waals surface area contributed by atoms with E-state index in [4.69, 9.17) is 0 Å². The Morgan fingerprint density at radius 3 is 2.44 bits per heavy atom. The molecule has 0 radical (unpaired) electrons. The minimum Gasteiger partial charge on any atom is -0.387 e. The van der Waals surface area contributed by atoms with Crippen LogP contribution in [0.1, 0.15) is 37.4 Å². The zero-order chi connectivity index (χ0) is 13.3. The monoisotopic (exact) mass is 260 g/mol. The molecule has 100 valence electrons. The quantitative estimate of drug-likeness (QED) is 0.858. The summed E-state index contributed by atoms with van der Waals surface area (Å²) in [5, 5.41) is 20.2. The van der Waals surface area contributed by atoms with Gasteiger partial charge in [0.15, 0.2) is 11.6 Å². The number of hydrogen-bond donors (Lipinski definition) is 2. The van der Waals surface area contributed by atoms with Crippen LogP contribution in [-0.4, -0.2) is 22.0 Å². The molecule has 1 aliphatic rings. The van der Waals surface area contributed by atoms with Crippen LogP contribution in [0.4, 0.5) is 13.2 Å². The van der Waals surface area contributed by atoms with Crippen LogP contribution < -0.4 is 0 Å². The number of alkyl halides is 1. The molecule has 1 aromatic rings. The highest BCUT2D eigenvalue weighted by Gasteiger charge is 2.41. The second-order valence-corrected chi connectivity index (χ2v) is 4.82. The zero-order valence-electron chi connectivity index (χ0n) is 9.74. The van der Waals surface area contributed by atoms with Crippen LogP contribution in [0.5, 0.6) is 0 Å². The van der Waals surface area contributed by atoms with E-state index in [1.807, 2.05) is 0 Å². The van der Waals surface area contributed by atoms with Gasteiger partial charge in [0.1, 0.15) is 12.3 Å². The van der Waals surface area contributed by atoms with Gasteiger partial charge in [-0.05, 0) is 31.7 Å². The maximum absolute atomic E-state index is 13.5. The number of rotatable bonds is 2. The van der Waals surface area contributed by atoms with Gasteiger partial charge < -0.3 is 10.2 Å². The van der Waals surface area contributed by atoms with Crippen molar-refractivity contribution in [3.05, 3.63) is 35.4 Å². The third-order valence-corrected chi connectivity index (χ3v) is 3.57. The van der Waals surface area contributed by atoms with E-state index in [9.17, 15) is 23.4 Å². The molecule has 0 spiro atoms. The molecule has 0 aromatic heterocycles. The molecule has 1 aliphatic carbocycles. The average molecular weight is 260 g/mol. The normalized spacial score (nSPS) is 30.2. The summed E-state index contributed by atoms with van der Waals surface area (Å²) < 4.78 is 39.6. The Bertz CT molecular complexity index is 428. The summed E-state index contributed by atoms with van der Waals surface area (Å²) in [5.74, 6) is -2.24. The van der Waals surface area contributed by atoms with Gasteiger partial charge in [0.05, 0.1) is 5.60 Å². The van der Waals surface area contributed by atoms with Gasteiger partial charge in [0.25, 0.3) is 0 Å². The molecular formula is C13H15F3O2. The topological polar surface area (TPSA) is 40.5 Å². The van der Waals surface area contributed by atoms with Crippen molar-refractivity contribution in [3.8, 4) is 0 Å². The molecule has 1 saturated carbocycles. The first kappa shape index (κ1) is 13.4. The lowest BCUT2D eigenvalue weighted by Crippen LogP contribution is -2.41. The van der Waals surface area contributed by atoms with Crippen molar-refractivity contribution >= 4 is 0 Å². The van der Waals surface area contributed by atoms with Crippen LogP contribution in [0.3, 0.4) is 0 Å². The van der Waals surface area contributed by atoms with Crippen molar-refractivity contribution < 1.29 is 23.4 Å². The van der Waals surface area contributed by atoms with Crippen molar-refractivity contribution in [2.24, 2.45) is 0 Å². The van der Waals surface area contributed by atoms with Crippen molar-refractivity contribution in [2.75, 3.05) is 0 Å². The number of halogens is 3. The van der Waals surface area contributed by atoms with E-state index in [1.165, 1.54) is 12.1 Å². The molecule has 0 saturated heterocycles. The van der Waals surface area contributed by atoms with Gasteiger partial charge in [-0.25, -0.2) is 13.2 Å². The lowest BCUT2D eigenvalue weighted by Gasteiger charge is -2.37. The predicted octanol–water partition coefficient (Wildman–Crippen LogP) is 2.64. The summed E-state index contributed by atoms with van der Waals surface area (Å²) >= 11 is 0. The first-order chi connectivity index (χ1) is 8.44. The first-order valence-electron chi connectivity index (χ1n) is 5.92. The Morgan fingerprint density at radius 1 is 1.22 bits per heavy atom. The third-order valence-electron chi connectivity index (χ3n) is 3.57. The molecule has 2 N–H and O–H groups in total. The number of benzene rings is 1. The number of hydrogen-bond acceptors (Lipinski definition) is 2. The smallest absolute Gasteiger partial charge is 0.164 e. The van der Waals surface area contributed by atoms with Crippen LogP contribution in [-0.2, 0) is 0 Å². The molecule has 1 unspecified atom stereocenters. The fourth-order valence-corrected chi connectivity index (χ4v) is 2.38. The molecule has 5 heteroatoms. The van der Waals surface area contributed by atoms with Crippen LogP contribution in [0, 0.1) is 11.6 Å². The molecule has 0 amide bonds. The van der Waals surface area contributed by atoms with Crippen LogP contribution in [0.2, 0.25) is 0 Å². The minimum absolute atomic E-state index is 0.0330. The lowest BCUT2D eigenvalue weighted by molar-refractivity contribution is -0.109. The van der Waals surface area contributed by atoms with Crippen LogP contribution >= 0.6 is 0 Å². The van der Waals surface area contributed by atoms with Gasteiger partial charge in [-0.3, -0.25) is 0 Å². The Kier molecular flexibility index (Phi) is 3.64. The maximum Gasteiger partial charge on any atom is 0.164 e. The second-order valence-electron chi connectivity index (χ2n) is 4.82. The maximum atomic E-state index is 13.5. The van der Waals surface area contributed by atoms with Crippen molar-refractivity contribution in [1.29, 1.82) is 0 Å². The summed E-state index contributed by atoms with van der Waals surface area (Å²) in [5.41, 5.74) is -1.87. The number of aliphatic hydroxyl groups excluding tert-OH is 1. The molecular weight excluding hydrogens is 245 g/mol. The molecule has 18 heavy (non-hydrogen) atoms. The Balaban J connectivity index is 2.25. The molecule has 0 bridgehead atoms. The summed E-state index contributed by atoms with van der Waals surface area (Å²) in [6.45, 7) is 0. The van der Waals surface area contributed by atoms with E-state index in [-0.39, 0.29) is 31.2 Å². The highest BCUT2D eigenvalue weighted by atomic mass is 19.2. The van der Waals surface area contributed by atoms with E-state index < -0.39 is 29.5 Å². The first-order valence-corrected chi connectivity index (χ1v) is 5.92. The average Bonchev–Trinajstić information content (AvgIpc) is 2.36. The van der Waals surface area contributed by atoms with Gasteiger partial charge in [-0.2, -0.15) is 0 Å². The molecule has 1 atom stereocenters. The Labute approximate surface area is 103 Å². The van der Waals surface area contributed by atoms with E-state index in [2.05, 4.69) is 0 Å². The minimum atomic E-state index is -1.59. The fraction of sp³-hybridized carbons (Fsp3) is 0.538. The van der Waals surface area contributed by atoms with Gasteiger partial charge >= 0.3 is 0 Å². The van der Waals surface area contributed by atoms with Crippen molar-refractivity contribution in [3.63, 3.8) is 0 Å².